The third kappa shape index (κ3) is 4.38. The van der Waals surface area contributed by atoms with Gasteiger partial charge < -0.3 is 15.6 Å². The average molecular weight is 311 g/mol. The van der Waals surface area contributed by atoms with Gasteiger partial charge in [-0.25, -0.2) is 4.79 Å². The topological polar surface area (TPSA) is 56.9 Å². The maximum absolute atomic E-state index is 11.8. The summed E-state index contributed by atoms with van der Waals surface area (Å²) in [7, 11) is 0. The van der Waals surface area contributed by atoms with Gasteiger partial charge in [-0.2, -0.15) is 0 Å². The third-order valence-electron chi connectivity index (χ3n) is 4.59. The highest BCUT2D eigenvalue weighted by atomic mass is 16.2. The predicted molar refractivity (Wildman–Crippen MR) is 94.3 cm³/mol. The van der Waals surface area contributed by atoms with Crippen molar-refractivity contribution in [3.8, 4) is 0 Å². The number of H-pyrrole nitrogens is 1. The van der Waals surface area contributed by atoms with Gasteiger partial charge in [0.05, 0.1) is 0 Å². The lowest BCUT2D eigenvalue weighted by molar-refractivity contribution is 0.244. The number of nitrogens with one attached hydrogen (secondary N) is 3. The number of carbonyl (C=O) groups excluding carboxylic acids is 1. The molecule has 0 aliphatic heterocycles. The number of hydrogen-bond acceptors (Lipinski definition) is 1. The second-order valence-corrected chi connectivity index (χ2v) is 6.27. The fraction of sp³-hybridized carbons (Fsp3) is 0.421. The lowest BCUT2D eigenvalue weighted by Crippen LogP contribution is -2.33. The molecular weight excluding hydrogens is 286 g/mol. The molecule has 0 bridgehead atoms. The van der Waals surface area contributed by atoms with Crippen LogP contribution in [0.3, 0.4) is 0 Å². The van der Waals surface area contributed by atoms with Gasteiger partial charge in [-0.15, -0.1) is 0 Å². The molecule has 3 N–H and O–H groups in total. The Bertz CT molecular complexity index is 668. The van der Waals surface area contributed by atoms with E-state index < -0.39 is 0 Å². The van der Waals surface area contributed by atoms with Crippen LogP contribution >= 0.6 is 0 Å². The summed E-state index contributed by atoms with van der Waals surface area (Å²) in [4.78, 5) is 15.1. The summed E-state index contributed by atoms with van der Waals surface area (Å²) in [6, 6.07) is 8.10. The van der Waals surface area contributed by atoms with Crippen LogP contribution in [0, 0.1) is 5.92 Å². The summed E-state index contributed by atoms with van der Waals surface area (Å²) in [5, 5.41) is 6.95. The fourth-order valence-corrected chi connectivity index (χ4v) is 3.29. The van der Waals surface area contributed by atoms with Crippen LogP contribution in [0.15, 0.2) is 42.7 Å². The van der Waals surface area contributed by atoms with Crippen LogP contribution in [0.2, 0.25) is 0 Å². The largest absolute Gasteiger partial charge is 0.361 e. The molecule has 4 nitrogen and oxygen atoms in total. The SMILES string of the molecule is O=C(N/C=C/C1CCCCC1)NCCc1c[nH]c2ccccc12. The molecular formula is C19H25N3O. The molecule has 122 valence electrons. The Morgan fingerprint density at radius 1 is 1.22 bits per heavy atom. The first-order valence-corrected chi connectivity index (χ1v) is 8.59. The first kappa shape index (κ1) is 15.7. The highest BCUT2D eigenvalue weighted by Crippen LogP contribution is 2.24. The van der Waals surface area contributed by atoms with E-state index in [9.17, 15) is 4.79 Å². The molecule has 1 fully saturated rings. The van der Waals surface area contributed by atoms with E-state index in [0.29, 0.717) is 12.5 Å². The van der Waals surface area contributed by atoms with Crippen molar-refractivity contribution < 1.29 is 4.79 Å². The van der Waals surface area contributed by atoms with Gasteiger partial charge in [0, 0.05) is 29.8 Å². The molecule has 0 atom stereocenters. The van der Waals surface area contributed by atoms with Crippen LogP contribution in [0.1, 0.15) is 37.7 Å². The lowest BCUT2D eigenvalue weighted by atomic mass is 9.89. The maximum atomic E-state index is 11.8. The van der Waals surface area contributed by atoms with E-state index in [1.165, 1.54) is 43.1 Å². The number of allylic oxidation sites excluding steroid dienone is 1. The van der Waals surface area contributed by atoms with E-state index in [1.807, 2.05) is 18.3 Å². The van der Waals surface area contributed by atoms with E-state index in [2.05, 4.69) is 33.8 Å². The number of rotatable bonds is 5. The van der Waals surface area contributed by atoms with Crippen LogP contribution in [-0.4, -0.2) is 17.6 Å². The van der Waals surface area contributed by atoms with Gasteiger partial charge in [0.25, 0.3) is 0 Å². The highest BCUT2D eigenvalue weighted by molar-refractivity contribution is 5.83. The summed E-state index contributed by atoms with van der Waals surface area (Å²) < 4.78 is 0. The molecule has 0 spiro atoms. The minimum absolute atomic E-state index is 0.128. The smallest absolute Gasteiger partial charge is 0.318 e. The molecule has 1 saturated carbocycles. The number of carbonyl (C=O) groups is 1. The van der Waals surface area contributed by atoms with Crippen molar-refractivity contribution in [2.45, 2.75) is 38.5 Å². The van der Waals surface area contributed by atoms with Crippen molar-refractivity contribution in [1.29, 1.82) is 0 Å². The number of fused-ring (bicyclic) bond motifs is 1. The summed E-state index contributed by atoms with van der Waals surface area (Å²) >= 11 is 0. The Balaban J connectivity index is 1.40. The molecule has 1 aromatic heterocycles. The van der Waals surface area contributed by atoms with Gasteiger partial charge in [-0.1, -0.05) is 43.5 Å². The first-order valence-electron chi connectivity index (χ1n) is 8.59. The Kier molecular flexibility index (Phi) is 5.35. The quantitative estimate of drug-likeness (QED) is 0.765. The van der Waals surface area contributed by atoms with E-state index in [4.69, 9.17) is 0 Å². The molecule has 1 aliphatic rings. The van der Waals surface area contributed by atoms with Crippen molar-refractivity contribution in [2.24, 2.45) is 5.92 Å². The summed E-state index contributed by atoms with van der Waals surface area (Å²) in [5.41, 5.74) is 2.38. The van der Waals surface area contributed by atoms with E-state index in [-0.39, 0.29) is 6.03 Å². The van der Waals surface area contributed by atoms with Crippen LogP contribution in [0.25, 0.3) is 10.9 Å². The van der Waals surface area contributed by atoms with Crippen molar-refractivity contribution in [3.05, 3.63) is 48.3 Å². The zero-order valence-corrected chi connectivity index (χ0v) is 13.5. The first-order chi connectivity index (χ1) is 11.3. The maximum Gasteiger partial charge on any atom is 0.318 e. The van der Waals surface area contributed by atoms with Gasteiger partial charge >= 0.3 is 6.03 Å². The van der Waals surface area contributed by atoms with Gasteiger partial charge in [0.1, 0.15) is 0 Å². The Hall–Kier alpha value is -2.23. The van der Waals surface area contributed by atoms with E-state index >= 15 is 0 Å². The van der Waals surface area contributed by atoms with Crippen LogP contribution in [0.4, 0.5) is 4.79 Å². The number of para-hydroxylation sites is 1. The van der Waals surface area contributed by atoms with Crippen LogP contribution in [0.5, 0.6) is 0 Å². The predicted octanol–water partition coefficient (Wildman–Crippen LogP) is 4.10. The Labute approximate surface area is 137 Å². The molecule has 0 saturated heterocycles. The van der Waals surface area contributed by atoms with E-state index in [1.54, 1.807) is 6.20 Å². The molecule has 2 aromatic rings. The Morgan fingerprint density at radius 2 is 2.04 bits per heavy atom. The third-order valence-corrected chi connectivity index (χ3v) is 4.59. The number of urea groups is 1. The monoisotopic (exact) mass is 311 g/mol. The van der Waals surface area contributed by atoms with Gasteiger partial charge in [-0.3, -0.25) is 0 Å². The Morgan fingerprint density at radius 3 is 2.91 bits per heavy atom. The molecule has 0 radical (unpaired) electrons. The lowest BCUT2D eigenvalue weighted by Gasteiger charge is -2.17. The van der Waals surface area contributed by atoms with Gasteiger partial charge in [0.15, 0.2) is 0 Å². The van der Waals surface area contributed by atoms with Crippen LogP contribution < -0.4 is 10.6 Å². The molecule has 23 heavy (non-hydrogen) atoms. The summed E-state index contributed by atoms with van der Waals surface area (Å²) in [6.07, 6.45) is 13.3. The zero-order chi connectivity index (χ0) is 15.9. The molecule has 4 heteroatoms. The minimum atomic E-state index is -0.128. The van der Waals surface area contributed by atoms with Gasteiger partial charge in [-0.05, 0) is 36.8 Å². The van der Waals surface area contributed by atoms with Crippen molar-refractivity contribution in [1.82, 2.24) is 15.6 Å². The summed E-state index contributed by atoms with van der Waals surface area (Å²) in [5.74, 6) is 0.635. The minimum Gasteiger partial charge on any atom is -0.361 e. The molecule has 0 unspecified atom stereocenters. The molecule has 1 heterocycles. The molecule has 3 rings (SSSR count). The molecule has 1 aromatic carbocycles. The number of aromatic amines is 1. The number of amides is 2. The van der Waals surface area contributed by atoms with E-state index in [0.717, 1.165) is 11.9 Å². The van der Waals surface area contributed by atoms with Crippen molar-refractivity contribution in [2.75, 3.05) is 6.54 Å². The second kappa shape index (κ2) is 7.86. The highest BCUT2D eigenvalue weighted by Gasteiger charge is 2.09. The number of aromatic nitrogens is 1. The molecule has 1 aliphatic carbocycles. The average Bonchev–Trinajstić information content (AvgIpc) is 2.99. The van der Waals surface area contributed by atoms with Gasteiger partial charge in [0.2, 0.25) is 0 Å². The fourth-order valence-electron chi connectivity index (χ4n) is 3.29. The van der Waals surface area contributed by atoms with Crippen LogP contribution in [-0.2, 0) is 6.42 Å². The normalized spacial score (nSPS) is 16.0. The zero-order valence-electron chi connectivity index (χ0n) is 13.5. The number of hydrogen-bond donors (Lipinski definition) is 3. The molecule has 2 amide bonds. The summed E-state index contributed by atoms with van der Waals surface area (Å²) in [6.45, 7) is 0.630. The standard InChI is InChI=1S/C19H25N3O/c23-19(20-12-10-15-6-2-1-3-7-15)21-13-11-16-14-22-18-9-5-4-8-17(16)18/h4-5,8-10,12,14-15,22H,1-3,6-7,11,13H2,(H2,20,21,23)/b12-10+. The van der Waals surface area contributed by atoms with Crippen molar-refractivity contribution >= 4 is 16.9 Å². The number of benzene rings is 1. The van der Waals surface area contributed by atoms with Crippen molar-refractivity contribution in [3.63, 3.8) is 0 Å². The second-order valence-electron chi connectivity index (χ2n) is 6.27.